The van der Waals surface area contributed by atoms with Crippen LogP contribution in [0, 0.1) is 0 Å². The van der Waals surface area contributed by atoms with Gasteiger partial charge in [-0.3, -0.25) is 19.2 Å². The van der Waals surface area contributed by atoms with Crippen molar-refractivity contribution in [2.45, 2.75) is 81.6 Å². The molecule has 0 atom stereocenters. The summed E-state index contributed by atoms with van der Waals surface area (Å²) in [4.78, 5) is 49.9. The van der Waals surface area contributed by atoms with Gasteiger partial charge >= 0.3 is 23.6 Å². The number of halogens is 4. The predicted octanol–water partition coefficient (Wildman–Crippen LogP) is 9.28. The van der Waals surface area contributed by atoms with E-state index in [0.29, 0.717) is 26.2 Å². The maximum Gasteiger partial charge on any atom is 0.309 e. The summed E-state index contributed by atoms with van der Waals surface area (Å²) >= 11 is 25.5. The molecule has 0 bridgehead atoms. The quantitative estimate of drug-likeness (QED) is 0.0336. The van der Waals surface area contributed by atoms with Crippen LogP contribution in [0.15, 0.2) is 97.1 Å². The minimum absolute atomic E-state index is 0.425. The van der Waals surface area contributed by atoms with E-state index in [-0.39, 0.29) is 0 Å². The molecule has 4 rings (SSSR count). The van der Waals surface area contributed by atoms with Gasteiger partial charge in [0.05, 0.1) is 105 Å². The molecule has 0 aliphatic heterocycles. The van der Waals surface area contributed by atoms with Crippen molar-refractivity contribution in [2.24, 2.45) is 0 Å². The highest BCUT2D eigenvalue weighted by atomic mass is 35.5. The number of hydrogen-bond acceptors (Lipinski definition) is 4. The zero-order valence-electron chi connectivity index (χ0n) is 44.3. The number of likely N-dealkylation sites (N-methyl/N-ethyl adjacent to an activating group) is 4. The van der Waals surface area contributed by atoms with Crippen LogP contribution in [-0.2, 0) is 45.4 Å². The van der Waals surface area contributed by atoms with E-state index in [2.05, 4.69) is 76.7 Å². The Kier molecular flexibility index (Phi) is 27.1. The topological polar surface area (TPSA) is 116 Å². The van der Waals surface area contributed by atoms with Crippen LogP contribution in [0.2, 0.25) is 20.1 Å². The van der Waals surface area contributed by atoms with E-state index in [1.807, 2.05) is 97.1 Å². The number of nitrogens with zero attached hydrogens (tertiary/aromatic N) is 4. The maximum atomic E-state index is 12.5. The Bertz CT molecular complexity index is 1980. The second-order valence-electron chi connectivity index (χ2n) is 18.8. The van der Waals surface area contributed by atoms with Gasteiger partial charge in [-0.1, -0.05) is 119 Å². The van der Waals surface area contributed by atoms with Crippen molar-refractivity contribution in [3.05, 3.63) is 139 Å². The first-order valence-electron chi connectivity index (χ1n) is 25.9. The van der Waals surface area contributed by atoms with Gasteiger partial charge in [0.1, 0.15) is 26.2 Å². The Morgan fingerprint density at radius 3 is 0.639 bits per heavy atom. The first-order chi connectivity index (χ1) is 34.5. The molecule has 4 amide bonds. The second-order valence-corrected chi connectivity index (χ2v) is 20.4. The van der Waals surface area contributed by atoms with Crippen LogP contribution in [0.1, 0.15) is 77.6 Å². The van der Waals surface area contributed by atoms with Crippen LogP contribution >= 0.6 is 46.4 Å². The van der Waals surface area contributed by atoms with E-state index in [0.717, 1.165) is 165 Å². The highest BCUT2D eigenvalue weighted by molar-refractivity contribution is 6.35. The van der Waals surface area contributed by atoms with Crippen molar-refractivity contribution >= 4 is 70.0 Å². The number of nitrogens with one attached hydrogen (secondary N) is 4. The molecular formula is C56H84Cl4N8O4+4. The molecule has 0 unspecified atom stereocenters. The van der Waals surface area contributed by atoms with Gasteiger partial charge in [0.25, 0.3) is 0 Å². The van der Waals surface area contributed by atoms with Gasteiger partial charge in [0.15, 0.2) is 0 Å². The average Bonchev–Trinajstić information content (AvgIpc) is 3.39. The van der Waals surface area contributed by atoms with Crippen molar-refractivity contribution in [3.8, 4) is 0 Å². The Labute approximate surface area is 451 Å². The molecule has 4 aromatic carbocycles. The molecule has 16 heteroatoms. The third kappa shape index (κ3) is 19.2. The van der Waals surface area contributed by atoms with Crippen LogP contribution in [0.3, 0.4) is 0 Å². The first-order valence-corrected chi connectivity index (χ1v) is 27.4. The summed E-state index contributed by atoms with van der Waals surface area (Å²) in [6.07, 6.45) is 0. The highest BCUT2D eigenvalue weighted by Crippen LogP contribution is 2.25. The molecular weight excluding hydrogens is 990 g/mol. The number of carbonyl (C=O) groups excluding carboxylic acids is 4. The summed E-state index contributed by atoms with van der Waals surface area (Å²) < 4.78 is 3.11. The van der Waals surface area contributed by atoms with E-state index in [4.69, 9.17) is 46.4 Å². The number of rotatable bonds is 28. The number of carbonyl (C=O) groups is 4. The van der Waals surface area contributed by atoms with Crippen LogP contribution in [0.4, 0.5) is 0 Å². The van der Waals surface area contributed by atoms with Gasteiger partial charge in [0.2, 0.25) is 0 Å². The van der Waals surface area contributed by atoms with E-state index in [9.17, 15) is 19.2 Å². The van der Waals surface area contributed by atoms with Crippen LogP contribution in [-0.4, -0.2) is 146 Å². The predicted molar refractivity (Wildman–Crippen MR) is 298 cm³/mol. The lowest BCUT2D eigenvalue weighted by atomic mass is 10.1. The number of hydrogen-bond donors (Lipinski definition) is 4. The van der Waals surface area contributed by atoms with E-state index in [1.165, 1.54) is 0 Å². The van der Waals surface area contributed by atoms with Crippen molar-refractivity contribution in [1.82, 2.24) is 21.3 Å². The SMILES string of the molecule is CC[N+](CC)(CCNC(=O)C(=O)NCC[N+](CC)(CC)Cc1ccccc1Cl)Cc1ccccc1Cl.CC[N+](CC)(CCNC(=O)C(=O)NCC[N+](CC)(CC)Cc1ccccc1Cl)Cc1ccccc1Cl. The van der Waals surface area contributed by atoms with E-state index >= 15 is 0 Å². The largest absolute Gasteiger partial charge is 0.342 e. The fourth-order valence-corrected chi connectivity index (χ4v) is 10.1. The zero-order chi connectivity index (χ0) is 53.2. The maximum absolute atomic E-state index is 12.5. The van der Waals surface area contributed by atoms with Crippen LogP contribution in [0.5, 0.6) is 0 Å². The molecule has 0 spiro atoms. The normalized spacial score (nSPS) is 11.8. The molecule has 0 saturated carbocycles. The third-order valence-corrected chi connectivity index (χ3v) is 16.6. The smallest absolute Gasteiger partial charge is 0.309 e. The first kappa shape index (κ1) is 62.1. The van der Waals surface area contributed by atoms with Gasteiger partial charge < -0.3 is 39.2 Å². The zero-order valence-corrected chi connectivity index (χ0v) is 47.3. The summed E-state index contributed by atoms with van der Waals surface area (Å²) in [6.45, 7) is 32.1. The molecule has 0 aliphatic rings. The third-order valence-electron chi connectivity index (χ3n) is 15.1. The Hall–Kier alpha value is -4.24. The van der Waals surface area contributed by atoms with Crippen molar-refractivity contribution in [1.29, 1.82) is 0 Å². The monoisotopic (exact) mass is 1070 g/mol. The van der Waals surface area contributed by atoms with Gasteiger partial charge in [-0.2, -0.15) is 0 Å². The standard InChI is InChI=1S/2C28H40Cl2N4O2/c2*1-5-33(6-2,21-23-13-9-11-15-25(23)29)19-17-31-27(35)28(36)32-18-20-34(7-3,8-4)22-24-14-10-12-16-26(24)30/h2*9-16H,5-8,17-22H2,1-4H3/p+4. The Morgan fingerprint density at radius 1 is 0.319 bits per heavy atom. The minimum Gasteiger partial charge on any atom is -0.342 e. The van der Waals surface area contributed by atoms with Gasteiger partial charge in [0, 0.05) is 42.3 Å². The molecule has 4 aromatic rings. The van der Waals surface area contributed by atoms with Crippen LogP contribution < -0.4 is 21.3 Å². The molecule has 0 heterocycles. The molecule has 12 nitrogen and oxygen atoms in total. The molecule has 0 radical (unpaired) electrons. The lowest BCUT2D eigenvalue weighted by Crippen LogP contribution is -2.53. The van der Waals surface area contributed by atoms with Gasteiger partial charge in [-0.15, -0.1) is 0 Å². The molecule has 0 saturated heterocycles. The molecule has 396 valence electrons. The van der Waals surface area contributed by atoms with Gasteiger partial charge in [-0.25, -0.2) is 0 Å². The highest BCUT2D eigenvalue weighted by Gasteiger charge is 2.30. The van der Waals surface area contributed by atoms with E-state index < -0.39 is 23.6 Å². The Balaban J connectivity index is 0.000000380. The number of amides is 4. The summed E-state index contributed by atoms with van der Waals surface area (Å²) in [5.41, 5.74) is 4.38. The lowest BCUT2D eigenvalue weighted by Gasteiger charge is -2.37. The molecule has 0 aromatic heterocycles. The second kappa shape index (κ2) is 31.5. The molecule has 0 fully saturated rings. The van der Waals surface area contributed by atoms with Crippen molar-refractivity contribution in [2.75, 3.05) is 105 Å². The van der Waals surface area contributed by atoms with E-state index in [1.54, 1.807) is 0 Å². The van der Waals surface area contributed by atoms with Crippen LogP contribution in [0.25, 0.3) is 0 Å². The summed E-state index contributed by atoms with van der Waals surface area (Å²) in [5.74, 6) is -2.35. The summed E-state index contributed by atoms with van der Waals surface area (Å²) in [5, 5.41) is 14.3. The molecule has 0 aliphatic carbocycles. The average molecular weight is 1080 g/mol. The fraction of sp³-hybridized carbons (Fsp3) is 0.500. The molecule has 72 heavy (non-hydrogen) atoms. The number of benzene rings is 4. The minimum atomic E-state index is -0.588. The van der Waals surface area contributed by atoms with Gasteiger partial charge in [-0.05, 0) is 79.7 Å². The Morgan fingerprint density at radius 2 is 0.486 bits per heavy atom. The fourth-order valence-electron chi connectivity index (χ4n) is 9.27. The molecule has 4 N–H and O–H groups in total. The summed E-state index contributed by atoms with van der Waals surface area (Å²) in [6, 6.07) is 31.5. The lowest BCUT2D eigenvalue weighted by molar-refractivity contribution is -0.936. The van der Waals surface area contributed by atoms with Crippen molar-refractivity contribution < 1.29 is 37.1 Å². The summed E-state index contributed by atoms with van der Waals surface area (Å²) in [7, 11) is 0. The number of quaternary nitrogens is 4. The van der Waals surface area contributed by atoms with Crippen molar-refractivity contribution in [3.63, 3.8) is 0 Å².